The molecule has 0 aliphatic rings. The maximum Gasteiger partial charge on any atom is 0.213 e. The van der Waals surface area contributed by atoms with Crippen molar-refractivity contribution in [3.05, 3.63) is 23.9 Å². The van der Waals surface area contributed by atoms with E-state index in [9.17, 15) is 0 Å². The zero-order valence-electron chi connectivity index (χ0n) is 6.70. The van der Waals surface area contributed by atoms with E-state index in [4.69, 9.17) is 4.74 Å². The average Bonchev–Trinajstić information content (AvgIpc) is 2.06. The number of aromatic nitrogens is 1. The molecule has 0 N–H and O–H groups in total. The van der Waals surface area contributed by atoms with Gasteiger partial charge in [0.1, 0.15) is 0 Å². The average molecular weight is 169 g/mol. The molecule has 0 saturated heterocycles. The Morgan fingerprint density at radius 3 is 3.00 bits per heavy atom. The number of ether oxygens (including phenoxy) is 1. The number of thioether (sulfide) groups is 1. The van der Waals surface area contributed by atoms with Crippen LogP contribution in [-0.4, -0.2) is 18.3 Å². The molecule has 0 amide bonds. The zero-order chi connectivity index (χ0) is 8.10. The molecule has 0 saturated carbocycles. The first-order valence-corrected chi connectivity index (χ1v) is 4.75. The van der Waals surface area contributed by atoms with Gasteiger partial charge in [-0.25, -0.2) is 4.98 Å². The summed E-state index contributed by atoms with van der Waals surface area (Å²) in [4.78, 5) is 4.24. The van der Waals surface area contributed by atoms with Crippen molar-refractivity contribution in [3.63, 3.8) is 0 Å². The Labute approximate surface area is 71.0 Å². The van der Waals surface area contributed by atoms with Crippen molar-refractivity contribution < 1.29 is 4.74 Å². The minimum atomic E-state index is 0.691. The topological polar surface area (TPSA) is 22.1 Å². The largest absolute Gasteiger partial charge is 0.481 e. The highest BCUT2D eigenvalue weighted by molar-refractivity contribution is 7.97. The second-order valence-corrected chi connectivity index (χ2v) is 2.97. The van der Waals surface area contributed by atoms with Crippen LogP contribution in [0.4, 0.5) is 0 Å². The van der Waals surface area contributed by atoms with E-state index >= 15 is 0 Å². The molecule has 11 heavy (non-hydrogen) atoms. The lowest BCUT2D eigenvalue weighted by Gasteiger charge is -2.00. The molecule has 0 aliphatic carbocycles. The summed E-state index contributed by atoms with van der Waals surface area (Å²) in [6, 6.07) is 5.81. The van der Waals surface area contributed by atoms with Crippen molar-refractivity contribution >= 4 is 11.8 Å². The molecule has 3 heteroatoms. The maximum atomic E-state index is 4.98. The van der Waals surface area contributed by atoms with Crippen LogP contribution in [0.5, 0.6) is 5.88 Å². The highest BCUT2D eigenvalue weighted by atomic mass is 32.2. The van der Waals surface area contributed by atoms with E-state index in [1.165, 1.54) is 0 Å². The standard InChI is InChI=1S/C8H11NOS/c1-10-8-5-3-4-7(9-8)6-11-2/h3-5H,6H2,1-2H3. The van der Waals surface area contributed by atoms with Gasteiger partial charge in [-0.05, 0) is 12.3 Å². The van der Waals surface area contributed by atoms with Crippen molar-refractivity contribution in [3.8, 4) is 5.88 Å². The highest BCUT2D eigenvalue weighted by Gasteiger charge is 1.94. The van der Waals surface area contributed by atoms with Gasteiger partial charge in [0.05, 0.1) is 12.8 Å². The minimum Gasteiger partial charge on any atom is -0.481 e. The SMILES string of the molecule is COc1cccc(CSC)n1. The van der Waals surface area contributed by atoms with Gasteiger partial charge in [0.25, 0.3) is 0 Å². The Hall–Kier alpha value is -0.700. The Balaban J connectivity index is 2.74. The minimum absolute atomic E-state index is 0.691. The smallest absolute Gasteiger partial charge is 0.213 e. The Morgan fingerprint density at radius 1 is 1.55 bits per heavy atom. The molecule has 0 aliphatic heterocycles. The first-order chi connectivity index (χ1) is 5.36. The molecule has 1 aromatic heterocycles. The molecule has 0 aromatic carbocycles. The molecular weight excluding hydrogens is 158 g/mol. The summed E-state index contributed by atoms with van der Waals surface area (Å²) in [5.74, 6) is 1.63. The van der Waals surface area contributed by atoms with Crippen LogP contribution < -0.4 is 4.74 Å². The molecular formula is C8H11NOS. The van der Waals surface area contributed by atoms with Crippen molar-refractivity contribution in [2.24, 2.45) is 0 Å². The van der Waals surface area contributed by atoms with Gasteiger partial charge in [-0.1, -0.05) is 6.07 Å². The molecule has 0 unspecified atom stereocenters. The first kappa shape index (κ1) is 8.40. The van der Waals surface area contributed by atoms with E-state index in [1.807, 2.05) is 18.2 Å². The van der Waals surface area contributed by atoms with Gasteiger partial charge >= 0.3 is 0 Å². The molecule has 0 spiro atoms. The second kappa shape index (κ2) is 4.23. The number of methoxy groups -OCH3 is 1. The van der Waals surface area contributed by atoms with E-state index in [0.717, 1.165) is 11.4 Å². The van der Waals surface area contributed by atoms with Gasteiger partial charge in [0, 0.05) is 11.8 Å². The first-order valence-electron chi connectivity index (χ1n) is 3.35. The number of hydrogen-bond acceptors (Lipinski definition) is 3. The lowest BCUT2D eigenvalue weighted by Crippen LogP contribution is -1.90. The van der Waals surface area contributed by atoms with Crippen molar-refractivity contribution in [2.45, 2.75) is 5.75 Å². The molecule has 0 radical (unpaired) electrons. The second-order valence-electron chi connectivity index (χ2n) is 2.10. The molecule has 2 nitrogen and oxygen atoms in total. The summed E-state index contributed by atoms with van der Waals surface area (Å²) in [5, 5.41) is 0. The van der Waals surface area contributed by atoms with Crippen LogP contribution in [-0.2, 0) is 5.75 Å². The van der Waals surface area contributed by atoms with E-state index in [2.05, 4.69) is 11.2 Å². The molecule has 1 aromatic rings. The number of pyridine rings is 1. The van der Waals surface area contributed by atoms with Crippen LogP contribution in [0.3, 0.4) is 0 Å². The predicted octanol–water partition coefficient (Wildman–Crippen LogP) is 1.95. The van der Waals surface area contributed by atoms with Crippen LogP contribution >= 0.6 is 11.8 Å². The molecule has 1 heterocycles. The van der Waals surface area contributed by atoms with E-state index < -0.39 is 0 Å². The van der Waals surface area contributed by atoms with Crippen molar-refractivity contribution in [2.75, 3.05) is 13.4 Å². The van der Waals surface area contributed by atoms with Crippen molar-refractivity contribution in [1.29, 1.82) is 0 Å². The number of hydrogen-bond donors (Lipinski definition) is 0. The van der Waals surface area contributed by atoms with Gasteiger partial charge in [-0.15, -0.1) is 0 Å². The summed E-state index contributed by atoms with van der Waals surface area (Å²) in [5.41, 5.74) is 1.07. The van der Waals surface area contributed by atoms with Crippen LogP contribution in [0.25, 0.3) is 0 Å². The van der Waals surface area contributed by atoms with Crippen LogP contribution in [0.2, 0.25) is 0 Å². The lowest BCUT2D eigenvalue weighted by molar-refractivity contribution is 0.397. The summed E-state index contributed by atoms with van der Waals surface area (Å²) >= 11 is 1.76. The van der Waals surface area contributed by atoms with Gasteiger partial charge in [-0.2, -0.15) is 11.8 Å². The van der Waals surface area contributed by atoms with E-state index in [0.29, 0.717) is 5.88 Å². The third kappa shape index (κ3) is 2.42. The van der Waals surface area contributed by atoms with E-state index in [-0.39, 0.29) is 0 Å². The molecule has 60 valence electrons. The third-order valence-electron chi connectivity index (χ3n) is 1.28. The molecule has 0 bridgehead atoms. The third-order valence-corrected chi connectivity index (χ3v) is 1.87. The number of nitrogens with zero attached hydrogens (tertiary/aromatic N) is 1. The fourth-order valence-corrected chi connectivity index (χ4v) is 1.26. The number of rotatable bonds is 3. The normalized spacial score (nSPS) is 9.64. The summed E-state index contributed by atoms with van der Waals surface area (Å²) < 4.78 is 4.98. The summed E-state index contributed by atoms with van der Waals surface area (Å²) in [6.07, 6.45) is 2.06. The van der Waals surface area contributed by atoms with Gasteiger partial charge in [0.2, 0.25) is 5.88 Å². The zero-order valence-corrected chi connectivity index (χ0v) is 7.52. The lowest BCUT2D eigenvalue weighted by atomic mass is 10.4. The van der Waals surface area contributed by atoms with Crippen LogP contribution in [0.1, 0.15) is 5.69 Å². The quantitative estimate of drug-likeness (QED) is 0.690. The molecule has 0 fully saturated rings. The Kier molecular flexibility index (Phi) is 3.23. The van der Waals surface area contributed by atoms with E-state index in [1.54, 1.807) is 18.9 Å². The molecule has 1 rings (SSSR count). The maximum absolute atomic E-state index is 4.98. The summed E-state index contributed by atoms with van der Waals surface area (Å²) in [7, 11) is 1.63. The van der Waals surface area contributed by atoms with Gasteiger partial charge in [-0.3, -0.25) is 0 Å². The fourth-order valence-electron chi connectivity index (χ4n) is 0.800. The van der Waals surface area contributed by atoms with Crippen LogP contribution in [0, 0.1) is 0 Å². The van der Waals surface area contributed by atoms with Crippen molar-refractivity contribution in [1.82, 2.24) is 4.98 Å². The molecule has 0 atom stereocenters. The highest BCUT2D eigenvalue weighted by Crippen LogP contribution is 2.10. The summed E-state index contributed by atoms with van der Waals surface area (Å²) in [6.45, 7) is 0. The predicted molar refractivity (Wildman–Crippen MR) is 48.0 cm³/mol. The Bertz CT molecular complexity index is 227. The monoisotopic (exact) mass is 169 g/mol. The van der Waals surface area contributed by atoms with Gasteiger partial charge < -0.3 is 4.74 Å². The fraction of sp³-hybridized carbons (Fsp3) is 0.375. The Morgan fingerprint density at radius 2 is 2.36 bits per heavy atom. The van der Waals surface area contributed by atoms with Gasteiger partial charge in [0.15, 0.2) is 0 Å². The van der Waals surface area contributed by atoms with Crippen LogP contribution in [0.15, 0.2) is 18.2 Å².